The smallest absolute Gasteiger partial charge is 0.251 e. The van der Waals surface area contributed by atoms with E-state index in [2.05, 4.69) is 20.6 Å². The van der Waals surface area contributed by atoms with Gasteiger partial charge in [0.2, 0.25) is 5.91 Å². The standard InChI is InChI=1S/C21H21FN4O2S/c1-13(2)19(26-20(27)15-3-5-16(22)6-4-15)21(28)24-11-18-25-17(12-29-18)14-7-9-23-10-8-14/h3-10,12-13,19H,11H2,1-2H3,(H,24,28)(H,26,27). The first-order chi connectivity index (χ1) is 13.9. The Morgan fingerprint density at radius 2 is 1.79 bits per heavy atom. The zero-order chi connectivity index (χ0) is 20.8. The normalized spacial score (nSPS) is 11.9. The number of carbonyl (C=O) groups excluding carboxylic acids is 2. The van der Waals surface area contributed by atoms with Crippen LogP contribution in [0.1, 0.15) is 29.2 Å². The highest BCUT2D eigenvalue weighted by atomic mass is 32.1. The van der Waals surface area contributed by atoms with E-state index in [1.165, 1.54) is 35.6 Å². The third-order valence-electron chi connectivity index (χ3n) is 4.28. The lowest BCUT2D eigenvalue weighted by Crippen LogP contribution is -2.49. The monoisotopic (exact) mass is 412 g/mol. The van der Waals surface area contributed by atoms with Gasteiger partial charge in [0.1, 0.15) is 16.9 Å². The summed E-state index contributed by atoms with van der Waals surface area (Å²) in [6, 6.07) is 8.22. The molecule has 0 fully saturated rings. The van der Waals surface area contributed by atoms with Crippen LogP contribution in [0.2, 0.25) is 0 Å². The molecule has 0 aliphatic carbocycles. The number of nitrogens with zero attached hydrogens (tertiary/aromatic N) is 2. The summed E-state index contributed by atoms with van der Waals surface area (Å²) in [5, 5.41) is 8.24. The Labute approximate surface area is 172 Å². The molecule has 0 radical (unpaired) electrons. The van der Waals surface area contributed by atoms with Gasteiger partial charge in [-0.3, -0.25) is 14.6 Å². The average molecular weight is 412 g/mol. The summed E-state index contributed by atoms with van der Waals surface area (Å²) in [6.07, 6.45) is 3.40. The number of thiazole rings is 1. The van der Waals surface area contributed by atoms with Gasteiger partial charge in [0.25, 0.3) is 5.91 Å². The molecular formula is C21H21FN4O2S. The zero-order valence-corrected chi connectivity index (χ0v) is 16.9. The molecule has 2 amide bonds. The van der Waals surface area contributed by atoms with Crippen LogP contribution < -0.4 is 10.6 Å². The Kier molecular flexibility index (Phi) is 6.66. The summed E-state index contributed by atoms with van der Waals surface area (Å²) in [6.45, 7) is 3.96. The predicted octanol–water partition coefficient (Wildman–Crippen LogP) is 3.42. The van der Waals surface area contributed by atoms with Crippen molar-refractivity contribution in [2.45, 2.75) is 26.4 Å². The first kappa shape index (κ1) is 20.6. The average Bonchev–Trinajstić information content (AvgIpc) is 3.20. The van der Waals surface area contributed by atoms with Gasteiger partial charge in [-0.25, -0.2) is 9.37 Å². The van der Waals surface area contributed by atoms with E-state index < -0.39 is 17.8 Å². The lowest BCUT2D eigenvalue weighted by Gasteiger charge is -2.21. The molecule has 2 heterocycles. The minimum absolute atomic E-state index is 0.122. The van der Waals surface area contributed by atoms with E-state index >= 15 is 0 Å². The first-order valence-electron chi connectivity index (χ1n) is 9.13. The van der Waals surface area contributed by atoms with Gasteiger partial charge < -0.3 is 10.6 Å². The van der Waals surface area contributed by atoms with Gasteiger partial charge in [-0.1, -0.05) is 13.8 Å². The highest BCUT2D eigenvalue weighted by molar-refractivity contribution is 7.09. The van der Waals surface area contributed by atoms with E-state index in [1.807, 2.05) is 31.4 Å². The van der Waals surface area contributed by atoms with Crippen molar-refractivity contribution >= 4 is 23.2 Å². The highest BCUT2D eigenvalue weighted by Gasteiger charge is 2.24. The number of aromatic nitrogens is 2. The first-order valence-corrected chi connectivity index (χ1v) is 10.0. The molecule has 29 heavy (non-hydrogen) atoms. The van der Waals surface area contributed by atoms with Crippen molar-refractivity contribution in [1.82, 2.24) is 20.6 Å². The van der Waals surface area contributed by atoms with Crippen LogP contribution in [0, 0.1) is 11.7 Å². The van der Waals surface area contributed by atoms with Gasteiger partial charge in [-0.2, -0.15) is 0 Å². The second kappa shape index (κ2) is 9.38. The fraction of sp³-hybridized carbons (Fsp3) is 0.238. The lowest BCUT2D eigenvalue weighted by molar-refractivity contribution is -0.124. The summed E-state index contributed by atoms with van der Waals surface area (Å²) in [7, 11) is 0. The molecule has 1 unspecified atom stereocenters. The van der Waals surface area contributed by atoms with Crippen molar-refractivity contribution in [3.05, 3.63) is 70.6 Å². The van der Waals surface area contributed by atoms with Crippen molar-refractivity contribution in [1.29, 1.82) is 0 Å². The Balaban J connectivity index is 1.60. The number of pyridine rings is 1. The Bertz CT molecular complexity index is 974. The van der Waals surface area contributed by atoms with E-state index in [-0.39, 0.29) is 18.4 Å². The van der Waals surface area contributed by atoms with Gasteiger partial charge in [0, 0.05) is 28.9 Å². The number of benzene rings is 1. The van der Waals surface area contributed by atoms with E-state index in [1.54, 1.807) is 12.4 Å². The molecule has 8 heteroatoms. The Morgan fingerprint density at radius 1 is 1.10 bits per heavy atom. The summed E-state index contributed by atoms with van der Waals surface area (Å²) in [5.74, 6) is -1.26. The molecule has 0 spiro atoms. The van der Waals surface area contributed by atoms with Crippen molar-refractivity contribution in [2.75, 3.05) is 0 Å². The molecule has 0 saturated carbocycles. The molecule has 2 N–H and O–H groups in total. The number of amides is 2. The fourth-order valence-electron chi connectivity index (χ4n) is 2.68. The molecule has 3 aromatic rings. The largest absolute Gasteiger partial charge is 0.348 e. The van der Waals surface area contributed by atoms with Crippen LogP contribution in [0.3, 0.4) is 0 Å². The van der Waals surface area contributed by atoms with Crippen molar-refractivity contribution in [3.63, 3.8) is 0 Å². The van der Waals surface area contributed by atoms with Gasteiger partial charge in [0.05, 0.1) is 12.2 Å². The predicted molar refractivity (Wildman–Crippen MR) is 110 cm³/mol. The van der Waals surface area contributed by atoms with Crippen LogP contribution >= 0.6 is 11.3 Å². The Hall–Kier alpha value is -3.13. The van der Waals surface area contributed by atoms with Gasteiger partial charge in [-0.05, 0) is 42.3 Å². The SMILES string of the molecule is CC(C)C(NC(=O)c1ccc(F)cc1)C(=O)NCc1nc(-c2ccncc2)cs1. The van der Waals surface area contributed by atoms with Crippen LogP contribution in [0.5, 0.6) is 0 Å². The molecule has 0 aliphatic heterocycles. The van der Waals surface area contributed by atoms with Gasteiger partial charge in [-0.15, -0.1) is 11.3 Å². The molecular weight excluding hydrogens is 391 g/mol. The maximum atomic E-state index is 13.0. The molecule has 0 bridgehead atoms. The summed E-state index contributed by atoms with van der Waals surface area (Å²) in [5.41, 5.74) is 2.08. The number of hydrogen-bond donors (Lipinski definition) is 2. The maximum absolute atomic E-state index is 13.0. The quantitative estimate of drug-likeness (QED) is 0.623. The van der Waals surface area contributed by atoms with Crippen LogP contribution in [0.4, 0.5) is 4.39 Å². The number of nitrogens with one attached hydrogen (secondary N) is 2. The summed E-state index contributed by atoms with van der Waals surface area (Å²) < 4.78 is 13.0. The third-order valence-corrected chi connectivity index (χ3v) is 5.13. The molecule has 150 valence electrons. The van der Waals surface area contributed by atoms with Gasteiger partial charge in [0.15, 0.2) is 0 Å². The van der Waals surface area contributed by atoms with Crippen LogP contribution in [-0.4, -0.2) is 27.8 Å². The van der Waals surface area contributed by atoms with E-state index in [0.29, 0.717) is 5.56 Å². The highest BCUT2D eigenvalue weighted by Crippen LogP contribution is 2.21. The third kappa shape index (κ3) is 5.45. The Morgan fingerprint density at radius 3 is 2.45 bits per heavy atom. The number of rotatable bonds is 7. The lowest BCUT2D eigenvalue weighted by atomic mass is 10.0. The molecule has 6 nitrogen and oxygen atoms in total. The number of halogens is 1. The zero-order valence-electron chi connectivity index (χ0n) is 16.1. The molecule has 0 aliphatic rings. The summed E-state index contributed by atoms with van der Waals surface area (Å²) in [4.78, 5) is 33.5. The van der Waals surface area contributed by atoms with Gasteiger partial charge >= 0.3 is 0 Å². The molecule has 0 saturated heterocycles. The minimum Gasteiger partial charge on any atom is -0.348 e. The number of hydrogen-bond acceptors (Lipinski definition) is 5. The maximum Gasteiger partial charge on any atom is 0.251 e. The molecule has 2 aromatic heterocycles. The van der Waals surface area contributed by atoms with E-state index in [4.69, 9.17) is 0 Å². The van der Waals surface area contributed by atoms with E-state index in [0.717, 1.165) is 16.3 Å². The topological polar surface area (TPSA) is 84.0 Å². The molecule has 1 aromatic carbocycles. The molecule has 3 rings (SSSR count). The van der Waals surface area contributed by atoms with Crippen LogP contribution in [0.15, 0.2) is 54.2 Å². The summed E-state index contributed by atoms with van der Waals surface area (Å²) >= 11 is 1.45. The van der Waals surface area contributed by atoms with Crippen LogP contribution in [0.25, 0.3) is 11.3 Å². The minimum atomic E-state index is -0.716. The van der Waals surface area contributed by atoms with E-state index in [9.17, 15) is 14.0 Å². The number of carbonyl (C=O) groups is 2. The second-order valence-corrected chi connectivity index (χ2v) is 7.72. The van der Waals surface area contributed by atoms with Crippen molar-refractivity contribution in [2.24, 2.45) is 5.92 Å². The van der Waals surface area contributed by atoms with Crippen LogP contribution in [-0.2, 0) is 11.3 Å². The second-order valence-electron chi connectivity index (χ2n) is 6.78. The molecule has 1 atom stereocenters. The fourth-order valence-corrected chi connectivity index (χ4v) is 3.42. The van der Waals surface area contributed by atoms with Crippen molar-refractivity contribution in [3.8, 4) is 11.3 Å². The van der Waals surface area contributed by atoms with Crippen molar-refractivity contribution < 1.29 is 14.0 Å².